The molecule has 4 aromatic rings. The third-order valence-electron chi connectivity index (χ3n) is 7.15. The molecule has 13 nitrogen and oxygen atoms in total. The van der Waals surface area contributed by atoms with Crippen LogP contribution in [-0.4, -0.2) is 80.2 Å². The maximum absolute atomic E-state index is 15.9. The number of alkyl halides is 2. The first-order valence-corrected chi connectivity index (χ1v) is 17.2. The Hall–Kier alpha value is -3.17. The van der Waals surface area contributed by atoms with Gasteiger partial charge in [0.15, 0.2) is 29.4 Å². The Kier molecular flexibility index (Phi) is 9.80. The first kappa shape index (κ1) is 33.2. The number of anilines is 2. The van der Waals surface area contributed by atoms with Crippen molar-refractivity contribution in [1.82, 2.24) is 24.6 Å². The van der Waals surface area contributed by atoms with Crippen LogP contribution in [0.2, 0.25) is 0 Å². The predicted molar refractivity (Wildman–Crippen MR) is 172 cm³/mol. The highest BCUT2D eigenvalue weighted by Crippen LogP contribution is 2.50. The lowest BCUT2D eigenvalue weighted by Gasteiger charge is -2.33. The predicted octanol–water partition coefficient (Wildman–Crippen LogP) is 4.06. The zero-order valence-electron chi connectivity index (χ0n) is 24.9. The van der Waals surface area contributed by atoms with E-state index in [1.807, 2.05) is 30.3 Å². The van der Waals surface area contributed by atoms with Gasteiger partial charge in [-0.2, -0.15) is 9.97 Å². The van der Waals surface area contributed by atoms with Crippen LogP contribution in [-0.2, 0) is 30.6 Å². The summed E-state index contributed by atoms with van der Waals surface area (Å²) in [6.45, 7) is 0.862. The van der Waals surface area contributed by atoms with Crippen LogP contribution in [0, 0.1) is 0 Å². The van der Waals surface area contributed by atoms with Crippen LogP contribution in [0.25, 0.3) is 21.9 Å². The molecule has 0 aliphatic carbocycles. The molecule has 1 aliphatic heterocycles. The average molecular weight is 682 g/mol. The number of halogens is 2. The standard InChI is InChI=1S/C28H34ClFN7O6PS/c1-15(2)41-26(39)16(3)36-44(45,43-19-11-7-9-17-8-5-6-10-18(17)19)40-13-28(12-29)22(38)20(30)25(42-28)37-14-33-21-23(32-4)34-27(31)35-24(21)37/h5-11,14-16,20,22,25,38H,12-13H2,1-4H3,(H,36,45)(H3,31,32,34,35)/t16-,20+,22-,25+,28+,44?/m0/s1. The van der Waals surface area contributed by atoms with E-state index in [9.17, 15) is 9.90 Å². The molecule has 1 fully saturated rings. The average Bonchev–Trinajstić information content (AvgIpc) is 3.54. The molecule has 0 amide bonds. The Labute approximate surface area is 268 Å². The molecule has 45 heavy (non-hydrogen) atoms. The second-order valence-electron chi connectivity index (χ2n) is 10.8. The van der Waals surface area contributed by atoms with Crippen LogP contribution < -0.4 is 20.7 Å². The van der Waals surface area contributed by atoms with Crippen LogP contribution in [0.15, 0.2) is 48.8 Å². The number of nitrogens with one attached hydrogen (secondary N) is 2. The van der Waals surface area contributed by atoms with Crippen molar-refractivity contribution in [3.05, 3.63) is 48.8 Å². The minimum Gasteiger partial charge on any atom is -0.462 e. The second kappa shape index (κ2) is 13.3. The fourth-order valence-corrected chi connectivity index (χ4v) is 7.65. The van der Waals surface area contributed by atoms with Gasteiger partial charge in [-0.1, -0.05) is 36.4 Å². The lowest BCUT2D eigenvalue weighted by Crippen LogP contribution is -2.48. The maximum Gasteiger partial charge on any atom is 0.323 e. The highest BCUT2D eigenvalue weighted by atomic mass is 35.5. The fourth-order valence-electron chi connectivity index (χ4n) is 4.91. The number of aromatic nitrogens is 4. The normalized spacial score (nSPS) is 23.7. The van der Waals surface area contributed by atoms with Crippen LogP contribution >= 0.6 is 18.2 Å². The fraction of sp³-hybridized carbons (Fsp3) is 0.429. The molecule has 0 spiro atoms. The number of aliphatic hydroxyl groups excluding tert-OH is 1. The number of nitrogens with two attached hydrogens (primary N) is 1. The van der Waals surface area contributed by atoms with E-state index in [-0.39, 0.29) is 23.6 Å². The zero-order chi connectivity index (χ0) is 32.5. The first-order valence-electron chi connectivity index (χ1n) is 14.0. The third kappa shape index (κ3) is 6.70. The molecule has 3 heterocycles. The Morgan fingerprint density at radius 2 is 2.00 bits per heavy atom. The van der Waals surface area contributed by atoms with Crippen LogP contribution in [0.5, 0.6) is 5.75 Å². The monoisotopic (exact) mass is 681 g/mol. The largest absolute Gasteiger partial charge is 0.462 e. The number of rotatable bonds is 12. The van der Waals surface area contributed by atoms with Gasteiger partial charge in [-0.15, -0.1) is 11.6 Å². The van der Waals surface area contributed by atoms with Crippen molar-refractivity contribution < 1.29 is 32.8 Å². The zero-order valence-corrected chi connectivity index (χ0v) is 27.4. The molecular formula is C28H34ClFN7O6PS. The van der Waals surface area contributed by atoms with Crippen LogP contribution in [0.4, 0.5) is 16.2 Å². The van der Waals surface area contributed by atoms with E-state index in [0.717, 1.165) is 10.8 Å². The van der Waals surface area contributed by atoms with E-state index in [1.54, 1.807) is 40.0 Å². The van der Waals surface area contributed by atoms with E-state index >= 15 is 4.39 Å². The number of carbonyl (C=O) groups is 1. The lowest BCUT2D eigenvalue weighted by atomic mass is 9.99. The number of nitrogens with zero attached hydrogens (tertiary/aromatic N) is 4. The molecule has 2 aromatic carbocycles. The highest BCUT2D eigenvalue weighted by molar-refractivity contribution is 8.09. The summed E-state index contributed by atoms with van der Waals surface area (Å²) in [5.74, 6) is -0.307. The molecule has 2 aromatic heterocycles. The summed E-state index contributed by atoms with van der Waals surface area (Å²) in [5, 5.41) is 18.6. The number of benzene rings is 2. The number of esters is 1. The third-order valence-corrected chi connectivity index (χ3v) is 10.1. The highest BCUT2D eigenvalue weighted by Gasteiger charge is 2.57. The van der Waals surface area contributed by atoms with Gasteiger partial charge in [-0.3, -0.25) is 9.36 Å². The Morgan fingerprint density at radius 1 is 1.27 bits per heavy atom. The lowest BCUT2D eigenvalue weighted by molar-refractivity contribution is -0.149. The Bertz CT molecular complexity index is 1750. The molecule has 6 atom stereocenters. The molecule has 0 radical (unpaired) electrons. The molecule has 5 rings (SSSR count). The molecule has 0 saturated carbocycles. The van der Waals surface area contributed by atoms with Crippen LogP contribution in [0.3, 0.4) is 0 Å². The van der Waals surface area contributed by atoms with Gasteiger partial charge in [-0.25, -0.2) is 14.5 Å². The van der Waals surface area contributed by atoms with Gasteiger partial charge in [0.25, 0.3) is 0 Å². The van der Waals surface area contributed by atoms with Crippen molar-refractivity contribution in [2.45, 2.75) is 57.0 Å². The molecule has 1 saturated heterocycles. The van der Waals surface area contributed by atoms with Gasteiger partial charge in [0, 0.05) is 12.4 Å². The van der Waals surface area contributed by atoms with E-state index in [2.05, 4.69) is 25.4 Å². The first-order chi connectivity index (χ1) is 21.4. The maximum atomic E-state index is 15.9. The second-order valence-corrected chi connectivity index (χ2v) is 14.2. The van der Waals surface area contributed by atoms with Gasteiger partial charge in [0.2, 0.25) is 5.95 Å². The summed E-state index contributed by atoms with van der Waals surface area (Å²) >= 11 is 12.2. The minimum absolute atomic E-state index is 0.0723. The number of aliphatic hydroxyl groups is 1. The van der Waals surface area contributed by atoms with Crippen molar-refractivity contribution >= 4 is 69.7 Å². The van der Waals surface area contributed by atoms with Crippen LogP contribution in [0.1, 0.15) is 27.0 Å². The Morgan fingerprint density at radius 3 is 2.71 bits per heavy atom. The number of nitrogen functional groups attached to an aromatic ring is 1. The van der Waals surface area contributed by atoms with Gasteiger partial charge >= 0.3 is 12.6 Å². The quantitative estimate of drug-likeness (QED) is 0.0961. The molecule has 5 N–H and O–H groups in total. The number of carbonyl (C=O) groups excluding carboxylic acids is 1. The van der Waals surface area contributed by atoms with Crippen molar-refractivity contribution in [3.63, 3.8) is 0 Å². The minimum atomic E-state index is -3.64. The number of hydrogen-bond donors (Lipinski definition) is 4. The Balaban J connectivity index is 1.45. The van der Waals surface area contributed by atoms with Gasteiger partial charge < -0.3 is 34.7 Å². The summed E-state index contributed by atoms with van der Waals surface area (Å²) < 4.78 is 41.1. The molecular weight excluding hydrogens is 648 g/mol. The van der Waals surface area contributed by atoms with E-state index in [4.69, 9.17) is 47.7 Å². The van der Waals surface area contributed by atoms with Crippen molar-refractivity contribution in [2.75, 3.05) is 30.6 Å². The smallest absolute Gasteiger partial charge is 0.323 e. The number of hydrogen-bond acceptors (Lipinski definition) is 12. The molecule has 1 unspecified atom stereocenters. The number of fused-ring (bicyclic) bond motifs is 2. The SMILES string of the molecule is CNc1nc(N)nc2c1ncn2[C@@H]1O[C@](CCl)(COP(=S)(N[C@@H](C)C(=O)OC(C)C)Oc2cccc3ccccc23)[C@@H](O)[C@H]1F. The summed E-state index contributed by atoms with van der Waals surface area (Å²) in [7, 11) is 1.63. The van der Waals surface area contributed by atoms with Crippen molar-refractivity contribution in [3.8, 4) is 5.75 Å². The van der Waals surface area contributed by atoms with E-state index in [0.29, 0.717) is 17.1 Å². The molecule has 242 valence electrons. The summed E-state index contributed by atoms with van der Waals surface area (Å²) in [4.78, 5) is 25.3. The van der Waals surface area contributed by atoms with Crippen molar-refractivity contribution in [1.29, 1.82) is 0 Å². The van der Waals surface area contributed by atoms with E-state index < -0.39 is 49.4 Å². The summed E-state index contributed by atoms with van der Waals surface area (Å²) in [5.41, 5.74) is 4.57. The van der Waals surface area contributed by atoms with Gasteiger partial charge in [-0.05, 0) is 44.0 Å². The summed E-state index contributed by atoms with van der Waals surface area (Å²) in [6, 6.07) is 12.0. The topological polar surface area (TPSA) is 168 Å². The molecule has 17 heteroatoms. The van der Waals surface area contributed by atoms with Crippen molar-refractivity contribution in [2.24, 2.45) is 0 Å². The van der Waals surface area contributed by atoms with Gasteiger partial charge in [0.05, 0.1) is 24.9 Å². The molecule has 1 aliphatic rings. The van der Waals surface area contributed by atoms with E-state index in [1.165, 1.54) is 10.9 Å². The number of imidazole rings is 1. The summed E-state index contributed by atoms with van der Waals surface area (Å²) in [6.07, 6.45) is -4.21. The number of ether oxygens (including phenoxy) is 2. The molecule has 0 bridgehead atoms. The van der Waals surface area contributed by atoms with Gasteiger partial charge in [0.1, 0.15) is 23.5 Å².